The summed E-state index contributed by atoms with van der Waals surface area (Å²) < 4.78 is 31.2. The van der Waals surface area contributed by atoms with Crippen molar-refractivity contribution >= 4 is 60.3 Å². The summed E-state index contributed by atoms with van der Waals surface area (Å²) in [5.74, 6) is 0.675. The van der Waals surface area contributed by atoms with Gasteiger partial charge in [0.05, 0.1) is 5.56 Å². The fraction of sp³-hybridized carbons (Fsp3) is 0.650. The average molecular weight is 471 g/mol. The molecule has 0 spiro atoms. The van der Waals surface area contributed by atoms with E-state index in [1.165, 1.54) is 10.6 Å². The Balaban J connectivity index is 1.79. The maximum absolute atomic E-state index is 13.7. The molecule has 6 nitrogen and oxygen atoms in total. The van der Waals surface area contributed by atoms with Gasteiger partial charge in [-0.15, -0.1) is 0 Å². The minimum atomic E-state index is -2.83. The molecule has 33 heavy (non-hydrogen) atoms. The molecule has 1 aliphatic heterocycles. The molecule has 3 heterocycles. The fourth-order valence-electron chi connectivity index (χ4n) is 6.04. The van der Waals surface area contributed by atoms with Crippen LogP contribution in [0.3, 0.4) is 0 Å². The number of nitrogens with one attached hydrogen (secondary N) is 1. The number of nitrogens with zero attached hydrogens (tertiary/aromatic N) is 4. The van der Waals surface area contributed by atoms with Crippen LogP contribution in [-0.4, -0.2) is 75.6 Å². The Morgan fingerprint density at radius 3 is 2.42 bits per heavy atom. The molecule has 1 saturated heterocycles. The fourth-order valence-corrected chi connectivity index (χ4v) is 6.96. The normalized spacial score (nSPS) is 25.6. The highest BCUT2D eigenvalue weighted by atomic mass is 32.2. The third-order valence-electron chi connectivity index (χ3n) is 7.45. The van der Waals surface area contributed by atoms with Crippen LogP contribution in [0.1, 0.15) is 44.2 Å². The predicted molar refractivity (Wildman–Crippen MR) is 143 cm³/mol. The molecule has 2 aromatic rings. The van der Waals surface area contributed by atoms with Gasteiger partial charge in [0.2, 0.25) is 5.95 Å². The van der Waals surface area contributed by atoms with Gasteiger partial charge in [0, 0.05) is 36.8 Å². The van der Waals surface area contributed by atoms with Crippen LogP contribution in [0.5, 0.6) is 0 Å². The van der Waals surface area contributed by atoms with Crippen molar-refractivity contribution in [1.82, 2.24) is 18.8 Å². The number of anilines is 1. The number of fused-ring (bicyclic) bond motifs is 1. The summed E-state index contributed by atoms with van der Waals surface area (Å²) >= 11 is 1.76. The van der Waals surface area contributed by atoms with E-state index in [1.807, 2.05) is 0 Å². The zero-order valence-corrected chi connectivity index (χ0v) is 21.2. The summed E-state index contributed by atoms with van der Waals surface area (Å²) in [5, 5.41) is 3.93. The predicted octanol–water partition coefficient (Wildman–Crippen LogP) is 0.229. The Morgan fingerprint density at radius 1 is 1.21 bits per heavy atom. The molecule has 2 atom stereocenters. The Bertz CT molecular complexity index is 1080. The van der Waals surface area contributed by atoms with Gasteiger partial charge in [0.25, 0.3) is 12.0 Å². The van der Waals surface area contributed by atoms with Crippen LogP contribution in [-0.2, 0) is 0 Å². The van der Waals surface area contributed by atoms with Crippen molar-refractivity contribution < 1.29 is 8.78 Å². The quantitative estimate of drug-likeness (QED) is 0.499. The van der Waals surface area contributed by atoms with Crippen LogP contribution in [0.2, 0.25) is 10.4 Å². The van der Waals surface area contributed by atoms with Crippen LogP contribution < -0.4 is 10.9 Å². The zero-order chi connectivity index (χ0) is 24.1. The van der Waals surface area contributed by atoms with Crippen LogP contribution in [0.4, 0.5) is 14.7 Å². The van der Waals surface area contributed by atoms with E-state index in [2.05, 4.69) is 59.2 Å². The van der Waals surface area contributed by atoms with Crippen molar-refractivity contribution in [2.45, 2.75) is 55.1 Å². The van der Waals surface area contributed by atoms with Gasteiger partial charge in [0.1, 0.15) is 37.0 Å². The van der Waals surface area contributed by atoms with E-state index in [0.717, 1.165) is 32.4 Å². The smallest absolute Gasteiger partial charge is 0.269 e. The number of rotatable bonds is 5. The molecular formula is C20H31B4F2N5OS. The number of aromatic nitrogens is 3. The molecular weight excluding hydrogens is 440 g/mol. The first-order valence-electron chi connectivity index (χ1n) is 11.7. The lowest BCUT2D eigenvalue weighted by atomic mass is 9.36. The lowest BCUT2D eigenvalue weighted by Crippen LogP contribution is -2.58. The van der Waals surface area contributed by atoms with Gasteiger partial charge < -0.3 is 5.32 Å². The minimum absolute atomic E-state index is 0.0533. The molecule has 0 radical (unpaired) electrons. The lowest BCUT2D eigenvalue weighted by Gasteiger charge is -2.53. The maximum atomic E-state index is 13.7. The van der Waals surface area contributed by atoms with E-state index < -0.39 is 17.5 Å². The summed E-state index contributed by atoms with van der Waals surface area (Å²) in [6, 6.07) is 1.23. The number of hydrogen-bond donors (Lipinski definition) is 1. The highest BCUT2D eigenvalue weighted by Crippen LogP contribution is 2.45. The Kier molecular flexibility index (Phi) is 6.68. The number of alkyl halides is 2. The van der Waals surface area contributed by atoms with Crippen molar-refractivity contribution in [3.05, 3.63) is 28.2 Å². The first-order valence-corrected chi connectivity index (χ1v) is 12.9. The standard InChI is InChI=1S/C20H31B4F2N5OS/c1-10-4-3-5-13(10)31-15-11(6-12(14(25)26)16(31)32)7-27-18(28-15)29-17-19(21,22)8-30(33-2)9-20(17,23)24/h6-7,10,13-14,17H,3-5,8-9,21-24H2,1-2H3,(H,27,28,29). The Morgan fingerprint density at radius 2 is 1.88 bits per heavy atom. The van der Waals surface area contributed by atoms with Crippen molar-refractivity contribution in [3.63, 3.8) is 0 Å². The number of hydrogen-bond acceptors (Lipinski definition) is 6. The first kappa shape index (κ1) is 24.6. The van der Waals surface area contributed by atoms with E-state index in [9.17, 15) is 13.6 Å². The molecule has 4 rings (SSSR count). The van der Waals surface area contributed by atoms with Crippen molar-refractivity contribution in [1.29, 1.82) is 0 Å². The molecule has 2 aromatic heterocycles. The van der Waals surface area contributed by atoms with Gasteiger partial charge in [-0.2, -0.15) is 4.98 Å². The molecule has 174 valence electrons. The van der Waals surface area contributed by atoms with Crippen molar-refractivity contribution in [3.8, 4) is 0 Å². The van der Waals surface area contributed by atoms with Crippen LogP contribution in [0.25, 0.3) is 11.0 Å². The van der Waals surface area contributed by atoms with E-state index in [4.69, 9.17) is 4.98 Å². The Labute approximate surface area is 201 Å². The molecule has 1 aliphatic carbocycles. The number of halogens is 2. The molecule has 1 saturated carbocycles. The summed E-state index contributed by atoms with van der Waals surface area (Å²) in [6.07, 6.45) is 3.59. The second-order valence-electron chi connectivity index (χ2n) is 11.1. The van der Waals surface area contributed by atoms with E-state index >= 15 is 0 Å². The first-order chi connectivity index (χ1) is 15.4. The monoisotopic (exact) mass is 471 g/mol. The third-order valence-corrected chi connectivity index (χ3v) is 8.22. The van der Waals surface area contributed by atoms with E-state index in [0.29, 0.717) is 17.0 Å². The van der Waals surface area contributed by atoms with Gasteiger partial charge in [-0.05, 0) is 31.1 Å². The molecule has 0 aromatic carbocycles. The highest BCUT2D eigenvalue weighted by Gasteiger charge is 2.46. The largest absolute Gasteiger partial charge is 0.353 e. The molecule has 13 heteroatoms. The Hall–Kier alpha value is -1.48. The molecule has 0 amide bonds. The summed E-state index contributed by atoms with van der Waals surface area (Å²) in [6.45, 7) is 3.92. The molecule has 2 unspecified atom stereocenters. The van der Waals surface area contributed by atoms with Gasteiger partial charge in [0.15, 0.2) is 0 Å². The van der Waals surface area contributed by atoms with E-state index in [1.54, 1.807) is 18.1 Å². The topological polar surface area (TPSA) is 63.1 Å². The number of pyridine rings is 1. The van der Waals surface area contributed by atoms with Crippen molar-refractivity contribution in [2.75, 3.05) is 24.7 Å². The zero-order valence-electron chi connectivity index (χ0n) is 20.4. The lowest BCUT2D eigenvalue weighted by molar-refractivity contribution is 0.148. The highest BCUT2D eigenvalue weighted by molar-refractivity contribution is 7.96. The third kappa shape index (κ3) is 4.59. The number of piperidine rings is 1. The van der Waals surface area contributed by atoms with Gasteiger partial charge >= 0.3 is 0 Å². The second-order valence-corrected chi connectivity index (χ2v) is 11.9. The maximum Gasteiger partial charge on any atom is 0.269 e. The molecule has 1 N–H and O–H groups in total. The van der Waals surface area contributed by atoms with Crippen LogP contribution in [0.15, 0.2) is 17.1 Å². The minimum Gasteiger partial charge on any atom is -0.353 e. The second kappa shape index (κ2) is 8.95. The molecule has 2 aliphatic rings. The molecule has 2 fully saturated rings. The van der Waals surface area contributed by atoms with Gasteiger partial charge in [-0.25, -0.2) is 13.8 Å². The van der Waals surface area contributed by atoms with Gasteiger partial charge in [-0.3, -0.25) is 13.7 Å². The summed E-state index contributed by atoms with van der Waals surface area (Å²) in [4.78, 5) is 22.4. The van der Waals surface area contributed by atoms with Crippen LogP contribution >= 0.6 is 11.9 Å². The molecule has 0 bridgehead atoms. The summed E-state index contributed by atoms with van der Waals surface area (Å²) in [7, 11) is 8.95. The van der Waals surface area contributed by atoms with Crippen LogP contribution in [0, 0.1) is 5.92 Å². The van der Waals surface area contributed by atoms with E-state index in [-0.39, 0.29) is 28.4 Å². The summed E-state index contributed by atoms with van der Waals surface area (Å²) in [5.41, 5.74) is -0.662. The average Bonchev–Trinajstić information content (AvgIpc) is 3.14. The SMILES string of the molecule is BC1(B)CN(SC)CC(B)(B)C1Nc1ncc2cc(C(F)F)c(=O)n(C3CCCC3C)c2n1. The van der Waals surface area contributed by atoms with Gasteiger partial charge in [-0.1, -0.05) is 35.7 Å². The van der Waals surface area contributed by atoms with Crippen molar-refractivity contribution in [2.24, 2.45) is 5.92 Å².